The van der Waals surface area contributed by atoms with Crippen LogP contribution in [-0.4, -0.2) is 38.4 Å². The highest BCUT2D eigenvalue weighted by atomic mass is 16.5. The van der Waals surface area contributed by atoms with E-state index in [2.05, 4.69) is 34.6 Å². The topological polar surface area (TPSA) is 69.7 Å². The van der Waals surface area contributed by atoms with Gasteiger partial charge in [0.1, 0.15) is 6.61 Å². The normalized spacial score (nSPS) is 12.3. The molecule has 0 unspecified atom stereocenters. The molecule has 2 aromatic carbocycles. The molecule has 0 spiro atoms. The van der Waals surface area contributed by atoms with Gasteiger partial charge in [-0.3, -0.25) is 0 Å². The molecule has 0 radical (unpaired) electrons. The smallest absolute Gasteiger partial charge is 0.407 e. The number of alkyl carbamates (subject to hydrolysis) is 1. The summed E-state index contributed by atoms with van der Waals surface area (Å²) in [6.45, 7) is 0.617. The summed E-state index contributed by atoms with van der Waals surface area (Å²) in [6.07, 6.45) is 3.19. The maximum atomic E-state index is 12.2. The first-order valence-electron chi connectivity index (χ1n) is 10.1. The molecular formula is C25H24N2O4. The maximum Gasteiger partial charge on any atom is 0.407 e. The molecule has 1 aliphatic carbocycles. The molecule has 31 heavy (non-hydrogen) atoms. The summed E-state index contributed by atoms with van der Waals surface area (Å²) in [6, 6.07) is 20.1. The Balaban J connectivity index is 1.33. The van der Waals surface area contributed by atoms with Crippen LogP contribution in [0.1, 0.15) is 22.6 Å². The molecule has 0 bridgehead atoms. The van der Waals surface area contributed by atoms with E-state index in [1.807, 2.05) is 42.5 Å². The van der Waals surface area contributed by atoms with E-state index in [1.54, 1.807) is 20.3 Å². The maximum absolute atomic E-state index is 12.2. The quantitative estimate of drug-likeness (QED) is 0.607. The van der Waals surface area contributed by atoms with E-state index in [0.29, 0.717) is 24.9 Å². The number of aromatic nitrogens is 1. The number of hydrogen-bond donors (Lipinski definition) is 1. The zero-order chi connectivity index (χ0) is 21.6. The van der Waals surface area contributed by atoms with Gasteiger partial charge in [0.05, 0.1) is 14.2 Å². The Morgan fingerprint density at radius 3 is 2.29 bits per heavy atom. The number of nitrogens with zero attached hydrogens (tertiary/aromatic N) is 1. The van der Waals surface area contributed by atoms with Crippen LogP contribution in [0.5, 0.6) is 11.8 Å². The van der Waals surface area contributed by atoms with Crippen LogP contribution in [0, 0.1) is 0 Å². The first kappa shape index (κ1) is 20.5. The molecule has 158 valence electrons. The fourth-order valence-corrected chi connectivity index (χ4v) is 3.82. The third kappa shape index (κ3) is 4.38. The summed E-state index contributed by atoms with van der Waals surface area (Å²) >= 11 is 0. The van der Waals surface area contributed by atoms with Gasteiger partial charge < -0.3 is 19.5 Å². The molecule has 1 amide bonds. The lowest BCUT2D eigenvalue weighted by atomic mass is 9.98. The molecule has 0 aliphatic heterocycles. The molecule has 3 aromatic rings. The predicted octanol–water partition coefficient (Wildman–Crippen LogP) is 4.65. The molecule has 1 aliphatic rings. The minimum absolute atomic E-state index is 0.0447. The number of amides is 1. The molecular weight excluding hydrogens is 392 g/mol. The number of fused-ring (bicyclic) bond motifs is 3. The highest BCUT2D eigenvalue weighted by molar-refractivity contribution is 5.79. The monoisotopic (exact) mass is 416 g/mol. The molecule has 6 heteroatoms. The molecule has 6 nitrogen and oxygen atoms in total. The van der Waals surface area contributed by atoms with Crippen molar-refractivity contribution in [1.82, 2.24) is 10.3 Å². The zero-order valence-electron chi connectivity index (χ0n) is 17.5. The Labute approximate surface area is 181 Å². The van der Waals surface area contributed by atoms with Crippen molar-refractivity contribution in [2.75, 3.05) is 27.4 Å². The lowest BCUT2D eigenvalue weighted by molar-refractivity contribution is 0.144. The number of pyridine rings is 1. The average Bonchev–Trinajstić information content (AvgIpc) is 3.14. The van der Waals surface area contributed by atoms with Gasteiger partial charge in [0.25, 0.3) is 0 Å². The van der Waals surface area contributed by atoms with E-state index in [1.165, 1.54) is 22.3 Å². The summed E-state index contributed by atoms with van der Waals surface area (Å²) in [5, 5.41) is 2.75. The van der Waals surface area contributed by atoms with Crippen LogP contribution in [0.2, 0.25) is 0 Å². The molecule has 0 atom stereocenters. The fourth-order valence-electron chi connectivity index (χ4n) is 3.82. The molecule has 0 saturated heterocycles. The zero-order valence-corrected chi connectivity index (χ0v) is 17.5. The first-order valence-corrected chi connectivity index (χ1v) is 10.1. The molecule has 0 saturated carbocycles. The van der Waals surface area contributed by atoms with Crippen LogP contribution in [0.4, 0.5) is 4.79 Å². The standard InChI is InChI=1S/C25H24N2O4/c1-29-23-14-13-17(24(27-23)30-2)8-7-15-26-25(28)31-16-22-20-11-5-3-9-18(20)19-10-4-6-12-21(19)22/h3-14,22H,15-16H2,1-2H3,(H,26,28). The van der Waals surface area contributed by atoms with Crippen LogP contribution in [0.3, 0.4) is 0 Å². The third-order valence-electron chi connectivity index (χ3n) is 5.27. The van der Waals surface area contributed by atoms with E-state index in [4.69, 9.17) is 14.2 Å². The van der Waals surface area contributed by atoms with Crippen molar-refractivity contribution < 1.29 is 19.0 Å². The Hall–Kier alpha value is -3.80. The van der Waals surface area contributed by atoms with E-state index in [0.717, 1.165) is 5.56 Å². The fraction of sp³-hybridized carbons (Fsp3) is 0.200. The molecule has 4 rings (SSSR count). The van der Waals surface area contributed by atoms with Crippen molar-refractivity contribution in [2.24, 2.45) is 0 Å². The largest absolute Gasteiger partial charge is 0.481 e. The predicted molar refractivity (Wildman–Crippen MR) is 119 cm³/mol. The van der Waals surface area contributed by atoms with Crippen LogP contribution in [0.15, 0.2) is 66.7 Å². The lowest BCUT2D eigenvalue weighted by Crippen LogP contribution is -2.26. The van der Waals surface area contributed by atoms with Crippen LogP contribution in [-0.2, 0) is 4.74 Å². The SMILES string of the molecule is COc1ccc(C=CCNC(=O)OCC2c3ccccc3-c3ccccc32)c(OC)n1. The highest BCUT2D eigenvalue weighted by Gasteiger charge is 2.28. The number of hydrogen-bond acceptors (Lipinski definition) is 5. The summed E-state index contributed by atoms with van der Waals surface area (Å²) in [5.41, 5.74) is 5.58. The van der Waals surface area contributed by atoms with Crippen LogP contribution < -0.4 is 14.8 Å². The van der Waals surface area contributed by atoms with Gasteiger partial charge >= 0.3 is 6.09 Å². The second kappa shape index (κ2) is 9.34. The third-order valence-corrected chi connectivity index (χ3v) is 5.27. The van der Waals surface area contributed by atoms with Crippen molar-refractivity contribution >= 4 is 12.2 Å². The second-order valence-corrected chi connectivity index (χ2v) is 7.06. The number of benzene rings is 2. The van der Waals surface area contributed by atoms with Crippen LogP contribution in [0.25, 0.3) is 17.2 Å². The average molecular weight is 416 g/mol. The van der Waals surface area contributed by atoms with Gasteiger partial charge in [-0.15, -0.1) is 0 Å². The van der Waals surface area contributed by atoms with Crippen molar-refractivity contribution in [3.63, 3.8) is 0 Å². The van der Waals surface area contributed by atoms with Gasteiger partial charge in [-0.1, -0.05) is 60.7 Å². The molecule has 1 N–H and O–H groups in total. The number of rotatable bonds is 7. The van der Waals surface area contributed by atoms with Gasteiger partial charge in [0, 0.05) is 24.1 Å². The van der Waals surface area contributed by atoms with Crippen LogP contribution >= 0.6 is 0 Å². The lowest BCUT2D eigenvalue weighted by Gasteiger charge is -2.14. The Bertz CT molecular complexity index is 1060. The number of carbonyl (C=O) groups is 1. The van der Waals surface area contributed by atoms with Crippen molar-refractivity contribution in [3.8, 4) is 22.9 Å². The van der Waals surface area contributed by atoms with Crippen molar-refractivity contribution in [1.29, 1.82) is 0 Å². The van der Waals surface area contributed by atoms with E-state index in [-0.39, 0.29) is 5.92 Å². The molecule has 1 aromatic heterocycles. The van der Waals surface area contributed by atoms with Crippen molar-refractivity contribution in [3.05, 3.63) is 83.4 Å². The summed E-state index contributed by atoms with van der Waals surface area (Å²) in [4.78, 5) is 16.4. The first-order chi connectivity index (χ1) is 15.2. The van der Waals surface area contributed by atoms with E-state index >= 15 is 0 Å². The summed E-state index contributed by atoms with van der Waals surface area (Å²) in [7, 11) is 3.10. The Morgan fingerprint density at radius 1 is 0.968 bits per heavy atom. The molecule has 0 fully saturated rings. The van der Waals surface area contributed by atoms with Gasteiger partial charge in [-0.25, -0.2) is 4.79 Å². The second-order valence-electron chi connectivity index (χ2n) is 7.06. The number of carbonyl (C=O) groups excluding carboxylic acids is 1. The highest BCUT2D eigenvalue weighted by Crippen LogP contribution is 2.44. The van der Waals surface area contributed by atoms with Crippen molar-refractivity contribution in [2.45, 2.75) is 5.92 Å². The summed E-state index contributed by atoms with van der Waals surface area (Å²) in [5.74, 6) is 0.978. The van der Waals surface area contributed by atoms with Gasteiger partial charge in [0.2, 0.25) is 11.8 Å². The Kier molecular flexibility index (Phi) is 6.17. The Morgan fingerprint density at radius 2 is 1.65 bits per heavy atom. The van der Waals surface area contributed by atoms with E-state index < -0.39 is 6.09 Å². The van der Waals surface area contributed by atoms with Gasteiger partial charge in [-0.2, -0.15) is 4.98 Å². The minimum atomic E-state index is -0.452. The molecule has 1 heterocycles. The van der Waals surface area contributed by atoms with E-state index in [9.17, 15) is 4.79 Å². The number of methoxy groups -OCH3 is 2. The number of nitrogens with one attached hydrogen (secondary N) is 1. The minimum Gasteiger partial charge on any atom is -0.481 e. The number of ether oxygens (including phenoxy) is 3. The van der Waals surface area contributed by atoms with Gasteiger partial charge in [0.15, 0.2) is 0 Å². The van der Waals surface area contributed by atoms with Gasteiger partial charge in [-0.05, 0) is 28.3 Å². The summed E-state index contributed by atoms with van der Waals surface area (Å²) < 4.78 is 15.9.